The number of methoxy groups -OCH3 is 1. The van der Waals surface area contributed by atoms with Gasteiger partial charge in [-0.25, -0.2) is 0 Å². The predicted molar refractivity (Wildman–Crippen MR) is 83.1 cm³/mol. The Morgan fingerprint density at radius 3 is 2.12 bits per heavy atom. The van der Waals surface area contributed by atoms with E-state index in [0.29, 0.717) is 0 Å². The van der Waals surface area contributed by atoms with Crippen molar-refractivity contribution in [3.05, 3.63) is 0 Å². The maximum absolute atomic E-state index is 10.3. The average Bonchev–Trinajstić information content (AvgIpc) is 2.59. The summed E-state index contributed by atoms with van der Waals surface area (Å²) in [7, 11) is 1.30. The molecule has 1 heterocycles. The maximum Gasteiger partial charge on any atom is 0.186 e. The number of aliphatic hydroxyl groups excluding tert-OH is 7. The molecule has 0 unspecified atom stereocenters. The Labute approximate surface area is 143 Å². The van der Waals surface area contributed by atoms with E-state index >= 15 is 0 Å². The number of rotatable bonds is 5. The minimum absolute atomic E-state index is 0.200. The van der Waals surface area contributed by atoms with Gasteiger partial charge >= 0.3 is 0 Å². The molecule has 1 saturated heterocycles. The first-order valence-electron chi connectivity index (χ1n) is 7.81. The molecule has 2 aliphatic rings. The van der Waals surface area contributed by atoms with Gasteiger partial charge in [0.1, 0.15) is 12.2 Å². The van der Waals surface area contributed by atoms with Crippen molar-refractivity contribution in [3.63, 3.8) is 0 Å². The van der Waals surface area contributed by atoms with Crippen molar-refractivity contribution < 1.29 is 45.2 Å². The highest BCUT2D eigenvalue weighted by molar-refractivity contribution is 8.00. The van der Waals surface area contributed by atoms with Crippen molar-refractivity contribution in [2.45, 2.75) is 59.8 Å². The van der Waals surface area contributed by atoms with E-state index in [1.807, 2.05) is 0 Å². The third kappa shape index (κ3) is 3.88. The third-order valence-electron chi connectivity index (χ3n) is 4.72. The average molecular weight is 370 g/mol. The minimum Gasteiger partial charge on any atom is -0.396 e. The molecule has 10 atom stereocenters. The van der Waals surface area contributed by atoms with Gasteiger partial charge in [-0.15, -0.1) is 11.8 Å². The topological polar surface area (TPSA) is 160 Å². The van der Waals surface area contributed by atoms with Crippen molar-refractivity contribution in [1.82, 2.24) is 0 Å². The molecule has 1 saturated carbocycles. The van der Waals surface area contributed by atoms with Crippen molar-refractivity contribution in [3.8, 4) is 0 Å². The van der Waals surface area contributed by atoms with Crippen molar-refractivity contribution in [1.29, 1.82) is 0 Å². The maximum atomic E-state index is 10.3. The minimum atomic E-state index is -1.43. The van der Waals surface area contributed by atoms with Crippen LogP contribution in [0.2, 0.25) is 0 Å². The molecule has 0 amide bonds. The lowest BCUT2D eigenvalue weighted by molar-refractivity contribution is -0.259. The summed E-state index contributed by atoms with van der Waals surface area (Å²) in [5.74, 6) is -0.619. The number of ether oxygens (including phenoxy) is 2. The van der Waals surface area contributed by atoms with Gasteiger partial charge in [-0.05, 0) is 6.42 Å². The molecule has 9 nitrogen and oxygen atoms in total. The van der Waals surface area contributed by atoms with E-state index in [-0.39, 0.29) is 13.0 Å². The summed E-state index contributed by atoms with van der Waals surface area (Å²) < 4.78 is 10.3. The zero-order valence-electron chi connectivity index (χ0n) is 13.3. The Balaban J connectivity index is 2.12. The summed E-state index contributed by atoms with van der Waals surface area (Å²) in [6.45, 7) is -0.789. The van der Waals surface area contributed by atoms with Gasteiger partial charge in [-0.1, -0.05) is 0 Å². The molecular formula is C14H26O9S. The van der Waals surface area contributed by atoms with Crippen LogP contribution < -0.4 is 0 Å². The first-order valence-corrected chi connectivity index (χ1v) is 8.75. The molecule has 0 bridgehead atoms. The van der Waals surface area contributed by atoms with Crippen LogP contribution in [0, 0.1) is 5.92 Å². The predicted octanol–water partition coefficient (Wildman–Crippen LogP) is -3.36. The van der Waals surface area contributed by atoms with E-state index in [4.69, 9.17) is 9.47 Å². The van der Waals surface area contributed by atoms with Gasteiger partial charge in [0, 0.05) is 24.9 Å². The van der Waals surface area contributed by atoms with Crippen LogP contribution in [-0.2, 0) is 9.47 Å². The van der Waals surface area contributed by atoms with Crippen molar-refractivity contribution >= 4 is 11.8 Å². The molecule has 2 rings (SSSR count). The molecule has 2 fully saturated rings. The van der Waals surface area contributed by atoms with Crippen molar-refractivity contribution in [2.24, 2.45) is 5.92 Å². The van der Waals surface area contributed by atoms with Crippen LogP contribution in [0.15, 0.2) is 0 Å². The summed E-state index contributed by atoms with van der Waals surface area (Å²) >= 11 is 1.05. The largest absolute Gasteiger partial charge is 0.396 e. The molecule has 0 radical (unpaired) electrons. The zero-order chi connectivity index (χ0) is 18.0. The number of hydrogen-bond acceptors (Lipinski definition) is 10. The van der Waals surface area contributed by atoms with Gasteiger partial charge in [0.05, 0.1) is 36.3 Å². The standard InChI is InChI=1S/C14H26O9S/c1-22-14-12(21)11(20)13(6(4-16)23-14)24-7-2-5(3-15)8(17)10(19)9(7)18/h5-21H,2-4H2,1H3/t5-,6-,7+,8-,9+,10+,11-,12-,13-,14+/m1/s1. The van der Waals surface area contributed by atoms with Gasteiger partial charge in [-0.2, -0.15) is 0 Å². The zero-order valence-corrected chi connectivity index (χ0v) is 14.1. The second kappa shape index (κ2) is 8.58. The quantitative estimate of drug-likeness (QED) is 0.260. The molecule has 1 aliphatic heterocycles. The van der Waals surface area contributed by atoms with E-state index in [2.05, 4.69) is 0 Å². The first kappa shape index (κ1) is 20.3. The van der Waals surface area contributed by atoms with Crippen molar-refractivity contribution in [2.75, 3.05) is 20.3 Å². The van der Waals surface area contributed by atoms with E-state index in [9.17, 15) is 35.7 Å². The second-order valence-electron chi connectivity index (χ2n) is 6.23. The molecule has 142 valence electrons. The highest BCUT2D eigenvalue weighted by atomic mass is 32.2. The lowest BCUT2D eigenvalue weighted by Gasteiger charge is -2.45. The Morgan fingerprint density at radius 2 is 1.58 bits per heavy atom. The van der Waals surface area contributed by atoms with E-state index in [1.165, 1.54) is 7.11 Å². The van der Waals surface area contributed by atoms with Crippen LogP contribution in [0.3, 0.4) is 0 Å². The summed E-state index contributed by atoms with van der Waals surface area (Å²) in [6, 6.07) is 0. The van der Waals surface area contributed by atoms with E-state index in [0.717, 1.165) is 11.8 Å². The molecule has 0 aromatic heterocycles. The number of thioether (sulfide) groups is 1. The fourth-order valence-electron chi connectivity index (χ4n) is 3.21. The smallest absolute Gasteiger partial charge is 0.186 e. The van der Waals surface area contributed by atoms with Crippen LogP contribution in [-0.4, -0.2) is 109 Å². The van der Waals surface area contributed by atoms with Gasteiger partial charge in [0.25, 0.3) is 0 Å². The Kier molecular flexibility index (Phi) is 7.26. The molecule has 0 spiro atoms. The number of hydrogen-bond donors (Lipinski definition) is 7. The molecule has 0 aromatic rings. The first-order chi connectivity index (χ1) is 11.3. The Hall–Kier alpha value is -0.0100. The summed E-state index contributed by atoms with van der Waals surface area (Å²) in [4.78, 5) is 0. The fraction of sp³-hybridized carbons (Fsp3) is 1.00. The van der Waals surface area contributed by atoms with Crippen LogP contribution in [0.5, 0.6) is 0 Å². The molecule has 7 N–H and O–H groups in total. The highest BCUT2D eigenvalue weighted by Gasteiger charge is 2.49. The van der Waals surface area contributed by atoms with Gasteiger partial charge < -0.3 is 45.2 Å². The van der Waals surface area contributed by atoms with Crippen LogP contribution in [0.4, 0.5) is 0 Å². The fourth-order valence-corrected chi connectivity index (χ4v) is 4.95. The summed E-state index contributed by atoms with van der Waals surface area (Å²) in [5, 5.41) is 67.7. The Bertz CT molecular complexity index is 396. The van der Waals surface area contributed by atoms with Gasteiger partial charge in [0.15, 0.2) is 6.29 Å². The monoisotopic (exact) mass is 370 g/mol. The van der Waals surface area contributed by atoms with Crippen LogP contribution in [0.25, 0.3) is 0 Å². The van der Waals surface area contributed by atoms with Crippen LogP contribution >= 0.6 is 11.8 Å². The molecule has 24 heavy (non-hydrogen) atoms. The summed E-state index contributed by atoms with van der Waals surface area (Å²) in [6.07, 6.45) is -8.30. The van der Waals surface area contributed by atoms with Crippen LogP contribution in [0.1, 0.15) is 6.42 Å². The second-order valence-corrected chi connectivity index (χ2v) is 7.65. The molecule has 10 heteroatoms. The summed E-state index contributed by atoms with van der Waals surface area (Å²) in [5.41, 5.74) is 0. The Morgan fingerprint density at radius 1 is 0.917 bits per heavy atom. The normalized spacial score (nSPS) is 50.0. The molecule has 0 aromatic carbocycles. The SMILES string of the molecule is CO[C@H]1O[C@H](CO)[C@@H](S[C@H]2C[C@H](CO)[C@@H](O)[C@H](O)[C@H]2O)[C@H](O)[C@H]1O. The van der Waals surface area contributed by atoms with Gasteiger partial charge in [0.2, 0.25) is 0 Å². The lowest BCUT2D eigenvalue weighted by Crippen LogP contribution is -2.60. The number of aliphatic hydroxyl groups is 7. The highest BCUT2D eigenvalue weighted by Crippen LogP contribution is 2.39. The van der Waals surface area contributed by atoms with E-state index in [1.54, 1.807) is 0 Å². The third-order valence-corrected chi connectivity index (χ3v) is 6.44. The molecule has 1 aliphatic carbocycles. The lowest BCUT2D eigenvalue weighted by atomic mass is 9.83. The molecular weight excluding hydrogens is 344 g/mol. The van der Waals surface area contributed by atoms with Gasteiger partial charge in [-0.3, -0.25) is 0 Å². The van der Waals surface area contributed by atoms with E-state index < -0.39 is 65.9 Å².